The van der Waals surface area contributed by atoms with Gasteiger partial charge >= 0.3 is 6.09 Å². The van der Waals surface area contributed by atoms with Gasteiger partial charge in [0, 0.05) is 24.3 Å². The number of alkyl carbamates (subject to hydrolysis) is 1. The number of primary amides is 1. The summed E-state index contributed by atoms with van der Waals surface area (Å²) in [5, 5.41) is 27.7. The molecule has 3 heterocycles. The Morgan fingerprint density at radius 3 is 1.85 bits per heavy atom. The van der Waals surface area contributed by atoms with Gasteiger partial charge in [-0.25, -0.2) is 9.78 Å². The topological polar surface area (TPSA) is 237 Å². The maximum atomic E-state index is 12.0. The van der Waals surface area contributed by atoms with E-state index < -0.39 is 27.6 Å². The summed E-state index contributed by atoms with van der Waals surface area (Å²) in [5.41, 5.74) is 12.7. The maximum Gasteiger partial charge on any atom is 0.408 e. The third kappa shape index (κ3) is 16.6. The molecule has 2 amide bonds. The maximum absolute atomic E-state index is 12.0. The smallest absolute Gasteiger partial charge is 0.408 e. The average Bonchev–Trinajstić information content (AvgIpc) is 3.92. The normalized spacial score (nSPS) is 11.4. The molecule has 0 aliphatic carbocycles. The number of thiophene rings is 2. The van der Waals surface area contributed by atoms with Crippen molar-refractivity contribution < 1.29 is 33.4 Å². The number of nitro benzene ring substituents is 2. The first-order chi connectivity index (χ1) is 25.1. The van der Waals surface area contributed by atoms with Gasteiger partial charge in [0.25, 0.3) is 17.3 Å². The first-order valence-electron chi connectivity index (χ1n) is 15.7. The molecule has 5 N–H and O–H groups in total. The van der Waals surface area contributed by atoms with Gasteiger partial charge in [-0.3, -0.25) is 29.8 Å². The third-order valence-corrected chi connectivity index (χ3v) is 9.09. The highest BCUT2D eigenvalue weighted by molar-refractivity contribution is 9.09. The minimum absolute atomic E-state index is 0. The molecule has 0 unspecified atom stereocenters. The van der Waals surface area contributed by atoms with Crippen LogP contribution >= 0.6 is 55.6 Å². The number of nitrogens with one attached hydrogen (secondary N) is 1. The number of carbonyl (C=O) groups excluding carboxylic acids is 3. The SMILES string of the molecule is Br.C.CC(C)(C)OC(=O)N[C@@H](Cc1ccc([N+](=O)[O-])cc1)C(=O)CBr.NC(=O)c1cccs1.N[C@@H](Cc1ccc([N+](=O)[O-])cc1)c1coc(-c2cccs2)n1. The molecular weight excluding hydrogens is 884 g/mol. The molecule has 0 spiro atoms. The van der Waals surface area contributed by atoms with Crippen molar-refractivity contribution in [1.82, 2.24) is 10.3 Å². The van der Waals surface area contributed by atoms with E-state index in [0.717, 1.165) is 10.4 Å². The molecule has 19 heteroatoms. The highest BCUT2D eigenvalue weighted by atomic mass is 79.9. The number of nitrogens with zero attached hydrogens (tertiary/aromatic N) is 3. The fourth-order valence-corrected chi connectivity index (χ4v) is 5.90. The number of nitro groups is 2. The van der Waals surface area contributed by atoms with E-state index in [2.05, 4.69) is 26.2 Å². The molecule has 15 nitrogen and oxygen atoms in total. The van der Waals surface area contributed by atoms with E-state index in [4.69, 9.17) is 20.6 Å². The van der Waals surface area contributed by atoms with Crippen LogP contribution in [0.5, 0.6) is 0 Å². The predicted octanol–water partition coefficient (Wildman–Crippen LogP) is 8.61. The van der Waals surface area contributed by atoms with Gasteiger partial charge in [0.05, 0.1) is 42.7 Å². The molecule has 0 aliphatic heterocycles. The van der Waals surface area contributed by atoms with Crippen LogP contribution in [0.1, 0.15) is 60.7 Å². The lowest BCUT2D eigenvalue weighted by Gasteiger charge is -2.23. The highest BCUT2D eigenvalue weighted by Crippen LogP contribution is 2.26. The molecule has 0 aliphatic rings. The Labute approximate surface area is 344 Å². The number of carbonyl (C=O) groups is 3. The van der Waals surface area contributed by atoms with Crippen molar-refractivity contribution in [3.8, 4) is 10.8 Å². The number of non-ortho nitro benzene ring substituents is 2. The number of ether oxygens (including phenoxy) is 1. The summed E-state index contributed by atoms with van der Waals surface area (Å²) in [7, 11) is 0. The number of ketones is 1. The Hall–Kier alpha value is -4.82. The molecule has 0 saturated carbocycles. The molecule has 5 rings (SSSR count). The van der Waals surface area contributed by atoms with Crippen LogP contribution in [-0.4, -0.2) is 49.6 Å². The quantitative estimate of drug-likeness (QED) is 0.0608. The van der Waals surface area contributed by atoms with Crippen molar-refractivity contribution in [3.63, 3.8) is 0 Å². The number of benzene rings is 2. The molecule has 0 fully saturated rings. The van der Waals surface area contributed by atoms with E-state index in [1.165, 1.54) is 35.6 Å². The predicted molar refractivity (Wildman–Crippen MR) is 222 cm³/mol. The Bertz CT molecular complexity index is 1950. The molecule has 2 aromatic carbocycles. The lowest BCUT2D eigenvalue weighted by atomic mass is 10.0. The van der Waals surface area contributed by atoms with Gasteiger partial charge in [-0.15, -0.1) is 39.7 Å². The zero-order valence-electron chi connectivity index (χ0n) is 29.2. The van der Waals surface area contributed by atoms with Crippen LogP contribution in [0.15, 0.2) is 94.2 Å². The van der Waals surface area contributed by atoms with Gasteiger partial charge < -0.3 is 25.9 Å². The average molecular weight is 927 g/mol. The second kappa shape index (κ2) is 23.2. The molecule has 0 radical (unpaired) electrons. The van der Waals surface area contributed by atoms with Gasteiger partial charge in [0.15, 0.2) is 5.78 Å². The second-order valence-electron chi connectivity index (χ2n) is 12.1. The third-order valence-electron chi connectivity index (χ3n) is 6.80. The number of hydrogen-bond acceptors (Lipinski definition) is 13. The number of rotatable bonds is 12. The number of amides is 2. The zero-order chi connectivity index (χ0) is 39.1. The Morgan fingerprint density at radius 1 is 0.909 bits per heavy atom. The van der Waals surface area contributed by atoms with Crippen LogP contribution in [0.25, 0.3) is 10.8 Å². The summed E-state index contributed by atoms with van der Waals surface area (Å²) in [6, 6.07) is 18.5. The van der Waals surface area contributed by atoms with E-state index in [1.54, 1.807) is 74.8 Å². The van der Waals surface area contributed by atoms with Gasteiger partial charge in [0.2, 0.25) is 5.89 Å². The lowest BCUT2D eigenvalue weighted by Crippen LogP contribution is -2.45. The Balaban J connectivity index is 0.000000444. The number of hydrogen-bond donors (Lipinski definition) is 3. The summed E-state index contributed by atoms with van der Waals surface area (Å²) in [6.45, 7) is 5.18. The van der Waals surface area contributed by atoms with Crippen LogP contribution in [0.2, 0.25) is 0 Å². The van der Waals surface area contributed by atoms with Crippen LogP contribution in [0.4, 0.5) is 16.2 Å². The lowest BCUT2D eigenvalue weighted by molar-refractivity contribution is -0.385. The zero-order valence-corrected chi connectivity index (χ0v) is 34.1. The fourth-order valence-electron chi connectivity index (χ4n) is 4.28. The number of Topliss-reactive ketones (excluding diaryl/α,β-unsaturated/α-hetero) is 1. The summed E-state index contributed by atoms with van der Waals surface area (Å²) >= 11 is 5.98. The minimum atomic E-state index is -0.773. The summed E-state index contributed by atoms with van der Waals surface area (Å²) in [6.07, 6.45) is 1.64. The number of nitrogens with two attached hydrogens (primary N) is 2. The molecule has 5 aromatic rings. The molecule has 0 saturated heterocycles. The Kier molecular flexibility index (Phi) is 20.3. The number of halogens is 2. The largest absolute Gasteiger partial charge is 0.444 e. The fraction of sp³-hybridized carbons (Fsp3) is 0.278. The molecular formula is C36H42Br2N6O9S2. The van der Waals surface area contributed by atoms with E-state index in [9.17, 15) is 34.6 Å². The van der Waals surface area contributed by atoms with Crippen molar-refractivity contribution in [2.75, 3.05) is 5.33 Å². The van der Waals surface area contributed by atoms with Crippen molar-refractivity contribution in [2.45, 2.75) is 58.7 Å². The van der Waals surface area contributed by atoms with Gasteiger partial charge in [-0.05, 0) is 67.6 Å². The summed E-state index contributed by atoms with van der Waals surface area (Å²) in [5.74, 6) is -0.00152. The molecule has 2 atom stereocenters. The van der Waals surface area contributed by atoms with E-state index in [0.29, 0.717) is 28.4 Å². The van der Waals surface area contributed by atoms with Crippen molar-refractivity contribution in [2.24, 2.45) is 11.5 Å². The monoisotopic (exact) mass is 924 g/mol. The summed E-state index contributed by atoms with van der Waals surface area (Å²) < 4.78 is 10.6. The first-order valence-corrected chi connectivity index (χ1v) is 18.6. The van der Waals surface area contributed by atoms with Crippen molar-refractivity contribution in [1.29, 1.82) is 0 Å². The standard InChI is InChI=1S/C15H19BrN2O5.C15H13N3O3S.C5H5NOS.CH4.BrH/c1-15(2,3)23-14(20)17-12(13(19)9-16)8-10-4-6-11(7-5-10)18(21)22;16-12(8-10-3-5-11(6-4-10)18(19)20)13-9-21-15(17-13)14-2-1-7-22-14;6-5(7)4-2-1-3-8-4;;/h4-7,12H,8-9H2,1-3H3,(H,17,20);1-7,9,12H,8,16H2;1-3H,(H2,6,7);1H4;1H/t2*12-;;;/m00.../s1. The van der Waals surface area contributed by atoms with E-state index in [-0.39, 0.29) is 65.3 Å². The van der Waals surface area contributed by atoms with E-state index in [1.807, 2.05) is 22.9 Å². The number of oxazole rings is 1. The Morgan fingerprint density at radius 2 is 1.44 bits per heavy atom. The molecule has 55 heavy (non-hydrogen) atoms. The van der Waals surface area contributed by atoms with Gasteiger partial charge in [-0.1, -0.05) is 59.8 Å². The van der Waals surface area contributed by atoms with E-state index >= 15 is 0 Å². The second-order valence-corrected chi connectivity index (χ2v) is 14.5. The number of alkyl halides is 1. The van der Waals surface area contributed by atoms with Crippen LogP contribution < -0.4 is 16.8 Å². The van der Waals surface area contributed by atoms with Gasteiger partial charge in [-0.2, -0.15) is 0 Å². The summed E-state index contributed by atoms with van der Waals surface area (Å²) in [4.78, 5) is 60.4. The molecule has 0 bridgehead atoms. The number of aromatic nitrogens is 1. The van der Waals surface area contributed by atoms with Crippen LogP contribution in [0, 0.1) is 20.2 Å². The van der Waals surface area contributed by atoms with Crippen molar-refractivity contribution >= 4 is 84.7 Å². The van der Waals surface area contributed by atoms with Crippen LogP contribution in [0.3, 0.4) is 0 Å². The first kappa shape index (κ1) is 48.2. The molecule has 3 aromatic heterocycles. The van der Waals surface area contributed by atoms with Gasteiger partial charge in [0.1, 0.15) is 11.9 Å². The minimum Gasteiger partial charge on any atom is -0.444 e. The highest BCUT2D eigenvalue weighted by Gasteiger charge is 2.24. The molecule has 296 valence electrons. The van der Waals surface area contributed by atoms with Crippen molar-refractivity contribution in [3.05, 3.63) is 132 Å². The van der Waals surface area contributed by atoms with Crippen LogP contribution in [-0.2, 0) is 22.4 Å².